The second-order valence-electron chi connectivity index (χ2n) is 7.55. The van der Waals surface area contributed by atoms with E-state index in [4.69, 9.17) is 0 Å². The summed E-state index contributed by atoms with van der Waals surface area (Å²) in [5, 5.41) is 5.49. The molecule has 0 atom stereocenters. The minimum absolute atomic E-state index is 0.253. The van der Waals surface area contributed by atoms with Crippen LogP contribution in [0.25, 0.3) is 27.7 Å². The number of carbonyl (C=O) groups is 1. The molecule has 0 saturated carbocycles. The number of nitrogens with zero attached hydrogens (tertiary/aromatic N) is 4. The van der Waals surface area contributed by atoms with Crippen LogP contribution in [0.3, 0.4) is 0 Å². The van der Waals surface area contributed by atoms with E-state index in [-0.39, 0.29) is 11.2 Å². The van der Waals surface area contributed by atoms with E-state index in [9.17, 15) is 22.4 Å². The van der Waals surface area contributed by atoms with Crippen LogP contribution in [0.15, 0.2) is 77.6 Å². The molecule has 0 unspecified atom stereocenters. The Morgan fingerprint density at radius 3 is 2.29 bits per heavy atom. The van der Waals surface area contributed by atoms with Gasteiger partial charge in [-0.15, -0.1) is 0 Å². The number of benzene rings is 3. The molecule has 1 aromatic heterocycles. The minimum Gasteiger partial charge on any atom is -0.452 e. The van der Waals surface area contributed by atoms with E-state index < -0.39 is 22.1 Å². The molecule has 11 heteroatoms. The molecule has 0 N–H and O–H groups in total. The molecule has 9 nitrogen and oxygen atoms in total. The van der Waals surface area contributed by atoms with Gasteiger partial charge in [0.1, 0.15) is 5.82 Å². The topological polar surface area (TPSA) is 102 Å². The minimum atomic E-state index is -4.23. The molecule has 0 aliphatic rings. The van der Waals surface area contributed by atoms with Gasteiger partial charge in [0.2, 0.25) is 0 Å². The molecule has 4 rings (SSSR count). The van der Waals surface area contributed by atoms with Crippen molar-refractivity contribution >= 4 is 32.8 Å². The molecule has 0 aliphatic carbocycles. The highest BCUT2D eigenvalue weighted by Crippen LogP contribution is 2.29. The summed E-state index contributed by atoms with van der Waals surface area (Å²) in [5.41, 5.74) is 1.19. The monoisotopic (exact) mass is 496 g/mol. The lowest BCUT2D eigenvalue weighted by molar-refractivity contribution is 0.154. The second-order valence-corrected chi connectivity index (χ2v) is 9.54. The summed E-state index contributed by atoms with van der Waals surface area (Å²) in [6, 6.07) is 18.8. The van der Waals surface area contributed by atoms with Gasteiger partial charge in [-0.3, -0.25) is 9.10 Å². The highest BCUT2D eigenvalue weighted by atomic mass is 32.2. The van der Waals surface area contributed by atoms with Gasteiger partial charge < -0.3 is 4.74 Å². The second kappa shape index (κ2) is 9.18. The number of ether oxygens (including phenoxy) is 1. The molecule has 3 aromatic carbocycles. The molecule has 180 valence electrons. The Balaban J connectivity index is 1.88. The van der Waals surface area contributed by atoms with Crippen molar-refractivity contribution in [3.63, 3.8) is 0 Å². The van der Waals surface area contributed by atoms with Crippen LogP contribution in [-0.4, -0.2) is 49.8 Å². The fraction of sp³-hybridized carbons (Fsp3) is 0.125. The van der Waals surface area contributed by atoms with Crippen molar-refractivity contribution in [2.45, 2.75) is 0 Å². The van der Waals surface area contributed by atoms with Crippen molar-refractivity contribution in [3.05, 3.63) is 89.0 Å². The Kier molecular flexibility index (Phi) is 6.27. The van der Waals surface area contributed by atoms with Crippen LogP contribution >= 0.6 is 0 Å². The van der Waals surface area contributed by atoms with E-state index in [0.29, 0.717) is 32.0 Å². The maximum absolute atomic E-state index is 13.5. The molecule has 0 spiro atoms. The van der Waals surface area contributed by atoms with Crippen LogP contribution < -0.4 is 9.86 Å². The van der Waals surface area contributed by atoms with E-state index in [0.717, 1.165) is 18.5 Å². The van der Waals surface area contributed by atoms with Gasteiger partial charge in [-0.05, 0) is 42.5 Å². The third-order valence-corrected chi connectivity index (χ3v) is 7.23. The van der Waals surface area contributed by atoms with Crippen LogP contribution in [0, 0.1) is 5.82 Å². The number of fused-ring (bicyclic) bond motifs is 1. The molecule has 0 fully saturated rings. The normalized spacial score (nSPS) is 11.3. The van der Waals surface area contributed by atoms with Gasteiger partial charge in [-0.25, -0.2) is 9.18 Å². The van der Waals surface area contributed by atoms with Gasteiger partial charge >= 0.3 is 16.3 Å². The van der Waals surface area contributed by atoms with Gasteiger partial charge in [0, 0.05) is 25.0 Å². The van der Waals surface area contributed by atoms with E-state index in [1.165, 1.54) is 36.0 Å². The highest BCUT2D eigenvalue weighted by Gasteiger charge is 2.29. The predicted octanol–water partition coefficient (Wildman–Crippen LogP) is 3.57. The summed E-state index contributed by atoms with van der Waals surface area (Å²) in [7, 11) is -0.744. The predicted molar refractivity (Wildman–Crippen MR) is 130 cm³/mol. The Morgan fingerprint density at radius 1 is 0.971 bits per heavy atom. The number of methoxy groups -OCH3 is 1. The third-order valence-electron chi connectivity index (χ3n) is 5.48. The number of hydrogen-bond acceptors (Lipinski definition) is 6. The smallest absolute Gasteiger partial charge is 0.424 e. The summed E-state index contributed by atoms with van der Waals surface area (Å²) in [5.74, 6) is -0.448. The fourth-order valence-electron chi connectivity index (χ4n) is 3.55. The maximum Gasteiger partial charge on any atom is 0.424 e. The summed E-state index contributed by atoms with van der Waals surface area (Å²) in [4.78, 5) is 24.9. The molecule has 4 aromatic rings. The molecule has 1 heterocycles. The standard InChI is InChI=1S/C24H21FN4O5S/c1-27(35(32,33)28(2)24(31)34-3)19-8-6-7-16(15-19)22-20-9-4-5-10-21(20)23(30)29(26-22)18-13-11-17(25)12-14-18/h4-15H,1-3H3. The highest BCUT2D eigenvalue weighted by molar-refractivity contribution is 7.91. The van der Waals surface area contributed by atoms with Gasteiger partial charge in [0.25, 0.3) is 5.56 Å². The lowest BCUT2D eigenvalue weighted by atomic mass is 10.0. The fourth-order valence-corrected chi connectivity index (χ4v) is 4.56. The lowest BCUT2D eigenvalue weighted by Gasteiger charge is -2.25. The lowest BCUT2D eigenvalue weighted by Crippen LogP contribution is -2.43. The van der Waals surface area contributed by atoms with E-state index in [1.807, 2.05) is 0 Å². The van der Waals surface area contributed by atoms with Crippen molar-refractivity contribution in [2.24, 2.45) is 0 Å². The Labute approximate surface area is 200 Å². The number of halogens is 1. The molecule has 35 heavy (non-hydrogen) atoms. The average Bonchev–Trinajstić information content (AvgIpc) is 2.88. The summed E-state index contributed by atoms with van der Waals surface area (Å²) in [6.45, 7) is 0. The number of carbonyl (C=O) groups excluding carboxylic acids is 1. The van der Waals surface area contributed by atoms with Crippen molar-refractivity contribution in [2.75, 3.05) is 25.5 Å². The van der Waals surface area contributed by atoms with Crippen molar-refractivity contribution < 1.29 is 22.3 Å². The quantitative estimate of drug-likeness (QED) is 0.419. The molecule has 1 amide bonds. The Hall–Kier alpha value is -4.25. The van der Waals surface area contributed by atoms with Crippen LogP contribution in [-0.2, 0) is 14.9 Å². The van der Waals surface area contributed by atoms with Crippen molar-refractivity contribution in [3.8, 4) is 16.9 Å². The SMILES string of the molecule is COC(=O)N(C)S(=O)(=O)N(C)c1cccc(-c2nn(-c3ccc(F)cc3)c(=O)c3ccccc23)c1. The first-order valence-electron chi connectivity index (χ1n) is 10.3. The number of aromatic nitrogens is 2. The first-order valence-corrected chi connectivity index (χ1v) is 11.7. The molecule has 0 aliphatic heterocycles. The van der Waals surface area contributed by atoms with Crippen LogP contribution in [0.2, 0.25) is 0 Å². The number of amides is 1. The largest absolute Gasteiger partial charge is 0.452 e. The van der Waals surface area contributed by atoms with Gasteiger partial charge in [-0.2, -0.15) is 22.5 Å². The molecule has 0 radical (unpaired) electrons. The third kappa shape index (κ3) is 4.33. The number of rotatable bonds is 5. The zero-order valence-electron chi connectivity index (χ0n) is 19.0. The van der Waals surface area contributed by atoms with Crippen LogP contribution in [0.1, 0.15) is 0 Å². The summed E-state index contributed by atoms with van der Waals surface area (Å²) in [6.07, 6.45) is -1.04. The molecule has 0 bridgehead atoms. The maximum atomic E-state index is 13.5. The number of anilines is 1. The van der Waals surface area contributed by atoms with Crippen molar-refractivity contribution in [1.82, 2.24) is 14.1 Å². The first kappa shape index (κ1) is 23.9. The van der Waals surface area contributed by atoms with Gasteiger partial charge in [-0.1, -0.05) is 30.3 Å². The van der Waals surface area contributed by atoms with E-state index >= 15 is 0 Å². The summed E-state index contributed by atoms with van der Waals surface area (Å²) >= 11 is 0. The first-order chi connectivity index (χ1) is 16.6. The van der Waals surface area contributed by atoms with E-state index in [2.05, 4.69) is 9.84 Å². The Morgan fingerprint density at radius 2 is 1.63 bits per heavy atom. The van der Waals surface area contributed by atoms with Crippen molar-refractivity contribution in [1.29, 1.82) is 0 Å². The van der Waals surface area contributed by atoms with Gasteiger partial charge in [0.15, 0.2) is 0 Å². The van der Waals surface area contributed by atoms with Gasteiger partial charge in [0.05, 0.1) is 29.6 Å². The summed E-state index contributed by atoms with van der Waals surface area (Å²) < 4.78 is 46.3. The van der Waals surface area contributed by atoms with Crippen LogP contribution in [0.4, 0.5) is 14.9 Å². The van der Waals surface area contributed by atoms with E-state index in [1.54, 1.807) is 48.5 Å². The zero-order chi connectivity index (χ0) is 25.3. The molecular weight excluding hydrogens is 475 g/mol. The average molecular weight is 497 g/mol. The number of hydrogen-bond donors (Lipinski definition) is 0. The zero-order valence-corrected chi connectivity index (χ0v) is 19.9. The Bertz CT molecular complexity index is 1590. The van der Waals surface area contributed by atoms with Crippen LogP contribution in [0.5, 0.6) is 0 Å². The molecular formula is C24H21FN4O5S. The molecule has 0 saturated heterocycles.